The van der Waals surface area contributed by atoms with Gasteiger partial charge in [-0.25, -0.2) is 0 Å². The average molecular weight is 238 g/mol. The van der Waals surface area contributed by atoms with E-state index in [4.69, 9.17) is 0 Å². The first-order valence-electron chi connectivity index (χ1n) is 4.80. The summed E-state index contributed by atoms with van der Waals surface area (Å²) in [5.41, 5.74) is 3.45. The van der Waals surface area contributed by atoms with Gasteiger partial charge in [-0.2, -0.15) is 0 Å². The summed E-state index contributed by atoms with van der Waals surface area (Å²) < 4.78 is 1.20. The smallest absolute Gasteiger partial charge is 0.0373 e. The topological polar surface area (TPSA) is 12.0 Å². The number of fused-ring (bicyclic) bond motifs is 1. The van der Waals surface area contributed by atoms with Crippen molar-refractivity contribution in [3.63, 3.8) is 0 Å². The maximum atomic E-state index is 3.52. The molecule has 2 heteroatoms. The van der Waals surface area contributed by atoms with E-state index in [9.17, 15) is 0 Å². The summed E-state index contributed by atoms with van der Waals surface area (Å²) in [7, 11) is 0. The Morgan fingerprint density at radius 1 is 1.31 bits per heavy atom. The number of anilines is 1. The van der Waals surface area contributed by atoms with Gasteiger partial charge in [0, 0.05) is 16.7 Å². The van der Waals surface area contributed by atoms with Crippen molar-refractivity contribution in [3.8, 4) is 0 Å². The number of rotatable bonds is 0. The van der Waals surface area contributed by atoms with Gasteiger partial charge < -0.3 is 5.32 Å². The summed E-state index contributed by atoms with van der Waals surface area (Å²) in [6, 6.07) is 6.53. The van der Waals surface area contributed by atoms with Crippen LogP contribution in [-0.4, -0.2) is 6.54 Å². The van der Waals surface area contributed by atoms with Crippen LogP contribution >= 0.6 is 15.9 Å². The molecular formula is C11H12BrN. The van der Waals surface area contributed by atoms with E-state index in [0.717, 1.165) is 0 Å². The highest BCUT2D eigenvalue weighted by molar-refractivity contribution is 9.10. The van der Waals surface area contributed by atoms with Crippen molar-refractivity contribution in [2.45, 2.75) is 19.3 Å². The zero-order valence-corrected chi connectivity index (χ0v) is 9.02. The lowest BCUT2D eigenvalue weighted by Crippen LogP contribution is -2.24. The predicted molar refractivity (Wildman–Crippen MR) is 58.0 cm³/mol. The first-order valence-corrected chi connectivity index (χ1v) is 5.59. The Balaban J connectivity index is 2.02. The molecule has 0 radical (unpaired) electrons. The van der Waals surface area contributed by atoms with Crippen molar-refractivity contribution in [1.29, 1.82) is 0 Å². The van der Waals surface area contributed by atoms with Gasteiger partial charge in [0.1, 0.15) is 0 Å². The largest absolute Gasteiger partial charge is 0.384 e. The molecule has 13 heavy (non-hydrogen) atoms. The molecule has 1 N–H and O–H groups in total. The Kier molecular flexibility index (Phi) is 1.51. The van der Waals surface area contributed by atoms with E-state index in [0.29, 0.717) is 5.41 Å². The van der Waals surface area contributed by atoms with Crippen molar-refractivity contribution in [2.24, 2.45) is 5.41 Å². The molecule has 2 aliphatic rings. The van der Waals surface area contributed by atoms with Crippen LogP contribution in [0.15, 0.2) is 22.7 Å². The molecule has 0 atom stereocenters. The normalized spacial score (nSPS) is 22.2. The van der Waals surface area contributed by atoms with Gasteiger partial charge in [-0.3, -0.25) is 0 Å². The lowest BCUT2D eigenvalue weighted by Gasteiger charge is -2.25. The molecule has 1 heterocycles. The highest BCUT2D eigenvalue weighted by Gasteiger charge is 2.44. The summed E-state index contributed by atoms with van der Waals surface area (Å²) >= 11 is 3.52. The highest BCUT2D eigenvalue weighted by Crippen LogP contribution is 2.51. The summed E-state index contributed by atoms with van der Waals surface area (Å²) in [6.07, 6.45) is 4.09. The molecule has 1 aromatic rings. The van der Waals surface area contributed by atoms with Crippen LogP contribution in [0.3, 0.4) is 0 Å². The minimum absolute atomic E-state index is 0.633. The van der Waals surface area contributed by atoms with E-state index >= 15 is 0 Å². The van der Waals surface area contributed by atoms with Gasteiger partial charge in [0.25, 0.3) is 0 Å². The molecule has 1 aliphatic heterocycles. The maximum absolute atomic E-state index is 3.52. The van der Waals surface area contributed by atoms with Crippen molar-refractivity contribution in [1.82, 2.24) is 0 Å². The minimum Gasteiger partial charge on any atom is -0.384 e. The number of benzene rings is 1. The van der Waals surface area contributed by atoms with Gasteiger partial charge in [-0.1, -0.05) is 15.9 Å². The van der Waals surface area contributed by atoms with Gasteiger partial charge >= 0.3 is 0 Å². The highest BCUT2D eigenvalue weighted by atomic mass is 79.9. The van der Waals surface area contributed by atoms with Gasteiger partial charge in [-0.15, -0.1) is 0 Å². The molecule has 1 aliphatic carbocycles. The average Bonchev–Trinajstić information content (AvgIpc) is 2.84. The van der Waals surface area contributed by atoms with E-state index in [1.807, 2.05) is 0 Å². The van der Waals surface area contributed by atoms with Gasteiger partial charge in [0.15, 0.2) is 0 Å². The third-order valence-corrected chi connectivity index (χ3v) is 3.74. The molecule has 0 amide bonds. The second-order valence-electron chi connectivity index (χ2n) is 4.33. The number of hydrogen-bond donors (Lipinski definition) is 1. The molecule has 0 aromatic heterocycles. The fourth-order valence-electron chi connectivity index (χ4n) is 2.16. The molecule has 1 fully saturated rings. The summed E-state index contributed by atoms with van der Waals surface area (Å²) in [6.45, 7) is 1.18. The Morgan fingerprint density at radius 2 is 2.15 bits per heavy atom. The standard InChI is InChI=1S/C11H12BrN/c12-9-1-2-10-8(5-9)6-11(3-4-11)7-13-10/h1-2,5,13H,3-4,6-7H2. The zero-order chi connectivity index (χ0) is 8.89. The molecular weight excluding hydrogens is 226 g/mol. The molecule has 0 saturated heterocycles. The van der Waals surface area contributed by atoms with Gasteiger partial charge in [-0.05, 0) is 48.4 Å². The van der Waals surface area contributed by atoms with Crippen LogP contribution in [0.2, 0.25) is 0 Å². The summed E-state index contributed by atoms with van der Waals surface area (Å²) in [5, 5.41) is 3.52. The molecule has 1 nitrogen and oxygen atoms in total. The fourth-order valence-corrected chi connectivity index (χ4v) is 2.57. The van der Waals surface area contributed by atoms with Gasteiger partial charge in [0.2, 0.25) is 0 Å². The quantitative estimate of drug-likeness (QED) is 0.731. The molecule has 68 valence electrons. The lowest BCUT2D eigenvalue weighted by atomic mass is 9.91. The van der Waals surface area contributed by atoms with E-state index < -0.39 is 0 Å². The molecule has 0 bridgehead atoms. The molecule has 3 rings (SSSR count). The van der Waals surface area contributed by atoms with Crippen LogP contribution < -0.4 is 5.32 Å². The van der Waals surface area contributed by atoms with E-state index in [2.05, 4.69) is 39.4 Å². The minimum atomic E-state index is 0.633. The molecule has 1 saturated carbocycles. The Labute approximate surface area is 86.7 Å². The fraction of sp³-hybridized carbons (Fsp3) is 0.455. The van der Waals surface area contributed by atoms with Crippen molar-refractivity contribution >= 4 is 21.6 Å². The van der Waals surface area contributed by atoms with E-state index in [1.54, 1.807) is 0 Å². The number of hydrogen-bond acceptors (Lipinski definition) is 1. The first-order chi connectivity index (χ1) is 6.27. The van der Waals surface area contributed by atoms with Crippen LogP contribution in [-0.2, 0) is 6.42 Å². The molecule has 0 unspecified atom stereocenters. The van der Waals surface area contributed by atoms with Crippen molar-refractivity contribution < 1.29 is 0 Å². The van der Waals surface area contributed by atoms with Crippen LogP contribution in [0.25, 0.3) is 0 Å². The second kappa shape index (κ2) is 2.50. The van der Waals surface area contributed by atoms with Crippen LogP contribution in [0.4, 0.5) is 5.69 Å². The second-order valence-corrected chi connectivity index (χ2v) is 5.25. The summed E-state index contributed by atoms with van der Waals surface area (Å²) in [5.74, 6) is 0. The van der Waals surface area contributed by atoms with E-state index in [1.165, 1.54) is 41.5 Å². The van der Waals surface area contributed by atoms with Crippen LogP contribution in [0.1, 0.15) is 18.4 Å². The Bertz CT molecular complexity index is 355. The third-order valence-electron chi connectivity index (χ3n) is 3.24. The van der Waals surface area contributed by atoms with Crippen molar-refractivity contribution in [3.05, 3.63) is 28.2 Å². The Hall–Kier alpha value is -0.500. The number of nitrogens with one attached hydrogen (secondary N) is 1. The monoisotopic (exact) mass is 237 g/mol. The van der Waals surface area contributed by atoms with Gasteiger partial charge in [0.05, 0.1) is 0 Å². The SMILES string of the molecule is Brc1ccc2c(c1)CC1(CC1)CN2. The zero-order valence-electron chi connectivity index (χ0n) is 7.44. The van der Waals surface area contributed by atoms with E-state index in [-0.39, 0.29) is 0 Å². The predicted octanol–water partition coefficient (Wildman–Crippen LogP) is 3.20. The first kappa shape index (κ1) is 7.86. The molecule has 1 spiro atoms. The maximum Gasteiger partial charge on any atom is 0.0373 e. The third kappa shape index (κ3) is 1.28. The molecule has 1 aromatic carbocycles. The Morgan fingerprint density at radius 3 is 2.92 bits per heavy atom. The summed E-state index contributed by atoms with van der Waals surface area (Å²) in [4.78, 5) is 0. The lowest BCUT2D eigenvalue weighted by molar-refractivity contribution is 0.523. The number of halogens is 1. The van der Waals surface area contributed by atoms with Crippen LogP contribution in [0.5, 0.6) is 0 Å². The van der Waals surface area contributed by atoms with Crippen LogP contribution in [0, 0.1) is 5.41 Å². The van der Waals surface area contributed by atoms with Crippen molar-refractivity contribution in [2.75, 3.05) is 11.9 Å².